The average Bonchev–Trinajstić information content (AvgIpc) is 3.39. The second-order valence-corrected chi connectivity index (χ2v) is 9.28. The summed E-state index contributed by atoms with van der Waals surface area (Å²) in [6.45, 7) is 6.46. The minimum Gasteiger partial charge on any atom is -0.468 e. The molecule has 2 aromatic carbocycles. The van der Waals surface area contributed by atoms with E-state index in [0.717, 1.165) is 17.8 Å². The molecular weight excluding hydrogens is 497 g/mol. The first-order chi connectivity index (χ1) is 17.3. The van der Waals surface area contributed by atoms with Crippen molar-refractivity contribution in [1.29, 1.82) is 0 Å². The summed E-state index contributed by atoms with van der Waals surface area (Å²) in [5, 5.41) is 6.69. The summed E-state index contributed by atoms with van der Waals surface area (Å²) in [4.78, 5) is 29.6. The first-order valence-corrected chi connectivity index (χ1v) is 12.4. The van der Waals surface area contributed by atoms with Gasteiger partial charge in [-0.05, 0) is 56.7 Å². The van der Waals surface area contributed by atoms with E-state index in [2.05, 4.69) is 10.6 Å². The summed E-state index contributed by atoms with van der Waals surface area (Å²) in [6.07, 6.45) is 2.35. The van der Waals surface area contributed by atoms with Crippen LogP contribution in [0.15, 0.2) is 93.9 Å². The Hall–Kier alpha value is -3.48. The van der Waals surface area contributed by atoms with E-state index in [4.69, 9.17) is 27.6 Å². The molecular formula is C28H27Cl2N3O3. The van der Waals surface area contributed by atoms with Crippen LogP contribution in [0, 0.1) is 0 Å². The lowest BCUT2D eigenvalue weighted by molar-refractivity contribution is -0.113. The van der Waals surface area contributed by atoms with E-state index < -0.39 is 5.92 Å². The first kappa shape index (κ1) is 25.6. The van der Waals surface area contributed by atoms with Crippen molar-refractivity contribution in [2.75, 3.05) is 17.2 Å². The molecule has 1 aliphatic rings. The lowest BCUT2D eigenvalue weighted by atomic mass is 9.81. The summed E-state index contributed by atoms with van der Waals surface area (Å²) >= 11 is 12.6. The first-order valence-electron chi connectivity index (χ1n) is 11.7. The van der Waals surface area contributed by atoms with Crippen LogP contribution in [-0.4, -0.2) is 23.3 Å². The molecule has 4 rings (SSSR count). The monoisotopic (exact) mass is 523 g/mol. The van der Waals surface area contributed by atoms with Gasteiger partial charge in [0.15, 0.2) is 0 Å². The van der Waals surface area contributed by atoms with Gasteiger partial charge in [-0.2, -0.15) is 0 Å². The van der Waals surface area contributed by atoms with Crippen molar-refractivity contribution in [3.05, 3.63) is 105 Å². The third-order valence-electron chi connectivity index (χ3n) is 6.17. The number of carbonyl (C=O) groups excluding carboxylic acids is 2. The number of furan rings is 1. The van der Waals surface area contributed by atoms with E-state index in [1.165, 1.54) is 6.26 Å². The highest BCUT2D eigenvalue weighted by Gasteiger charge is 2.40. The normalized spacial score (nSPS) is 14.3. The van der Waals surface area contributed by atoms with Gasteiger partial charge in [-0.15, -0.1) is 0 Å². The third-order valence-corrected chi connectivity index (χ3v) is 6.83. The van der Waals surface area contributed by atoms with E-state index in [1.54, 1.807) is 60.7 Å². The number of anilines is 2. The van der Waals surface area contributed by atoms with Gasteiger partial charge in [0.05, 0.1) is 44.7 Å². The number of amides is 2. The van der Waals surface area contributed by atoms with Crippen LogP contribution in [0.1, 0.15) is 38.9 Å². The number of para-hydroxylation sites is 2. The molecule has 36 heavy (non-hydrogen) atoms. The van der Waals surface area contributed by atoms with Crippen LogP contribution >= 0.6 is 23.2 Å². The van der Waals surface area contributed by atoms with E-state index in [0.29, 0.717) is 44.9 Å². The average molecular weight is 524 g/mol. The highest BCUT2D eigenvalue weighted by atomic mass is 35.5. The minimum atomic E-state index is -0.738. The van der Waals surface area contributed by atoms with Crippen LogP contribution < -0.4 is 10.6 Å². The highest BCUT2D eigenvalue weighted by Crippen LogP contribution is 2.43. The molecule has 1 aliphatic heterocycles. The molecule has 3 aromatic rings. The molecule has 0 saturated heterocycles. The van der Waals surface area contributed by atoms with Crippen LogP contribution in [0.2, 0.25) is 10.0 Å². The molecule has 6 nitrogen and oxygen atoms in total. The van der Waals surface area contributed by atoms with Crippen LogP contribution in [-0.2, 0) is 9.59 Å². The molecule has 0 saturated carbocycles. The van der Waals surface area contributed by atoms with Gasteiger partial charge in [-0.1, -0.05) is 54.4 Å². The number of benzene rings is 2. The fourth-order valence-electron chi connectivity index (χ4n) is 4.50. The van der Waals surface area contributed by atoms with Crippen molar-refractivity contribution in [3.8, 4) is 0 Å². The van der Waals surface area contributed by atoms with Crippen molar-refractivity contribution in [1.82, 2.24) is 4.90 Å². The summed E-state index contributed by atoms with van der Waals surface area (Å²) in [6, 6.07) is 17.6. The Morgan fingerprint density at radius 2 is 1.33 bits per heavy atom. The van der Waals surface area contributed by atoms with Gasteiger partial charge >= 0.3 is 0 Å². The SMILES string of the molecule is CCCN1C(C)=C(C(=O)Nc2ccccc2Cl)C(c2ccco2)C(C(=O)Nc2ccccc2Cl)=C1C. The molecule has 1 aromatic heterocycles. The largest absolute Gasteiger partial charge is 0.468 e. The predicted octanol–water partition coefficient (Wildman–Crippen LogP) is 7.22. The Morgan fingerprint density at radius 1 is 0.833 bits per heavy atom. The van der Waals surface area contributed by atoms with Crippen LogP contribution in [0.3, 0.4) is 0 Å². The van der Waals surface area contributed by atoms with Crippen molar-refractivity contribution in [2.24, 2.45) is 0 Å². The predicted molar refractivity (Wildman–Crippen MR) is 144 cm³/mol. The van der Waals surface area contributed by atoms with Gasteiger partial charge < -0.3 is 20.0 Å². The van der Waals surface area contributed by atoms with Crippen molar-refractivity contribution in [2.45, 2.75) is 33.1 Å². The van der Waals surface area contributed by atoms with Gasteiger partial charge in [-0.25, -0.2) is 0 Å². The Bertz CT molecular complexity index is 1260. The zero-order valence-corrected chi connectivity index (χ0v) is 21.8. The molecule has 0 spiro atoms. The van der Waals surface area contributed by atoms with Gasteiger partial charge in [-0.3, -0.25) is 9.59 Å². The topological polar surface area (TPSA) is 74.6 Å². The minimum absolute atomic E-state index is 0.362. The number of carbonyl (C=O) groups is 2. The molecule has 0 aliphatic carbocycles. The lowest BCUT2D eigenvalue weighted by Gasteiger charge is -2.37. The molecule has 0 radical (unpaired) electrons. The Morgan fingerprint density at radius 3 is 1.75 bits per heavy atom. The van der Waals surface area contributed by atoms with Crippen LogP contribution in [0.25, 0.3) is 0 Å². The number of hydrogen-bond acceptors (Lipinski definition) is 4. The third kappa shape index (κ3) is 5.06. The maximum Gasteiger partial charge on any atom is 0.254 e. The molecule has 2 amide bonds. The van der Waals surface area contributed by atoms with Crippen molar-refractivity contribution >= 4 is 46.4 Å². The molecule has 0 bridgehead atoms. The molecule has 186 valence electrons. The van der Waals surface area contributed by atoms with E-state index in [1.807, 2.05) is 25.7 Å². The highest BCUT2D eigenvalue weighted by molar-refractivity contribution is 6.34. The van der Waals surface area contributed by atoms with E-state index in [-0.39, 0.29) is 11.8 Å². The number of nitrogens with one attached hydrogen (secondary N) is 2. The van der Waals surface area contributed by atoms with Gasteiger partial charge in [0.25, 0.3) is 11.8 Å². The standard InChI is InChI=1S/C28H27Cl2N3O3/c1-4-15-33-17(2)24(27(34)31-21-12-7-5-10-19(21)29)26(23-14-9-16-36-23)25(18(33)3)28(35)32-22-13-8-6-11-20(22)30/h5-14,16,26H,4,15H2,1-3H3,(H,31,34)(H,32,35). The van der Waals surface area contributed by atoms with E-state index >= 15 is 0 Å². The zero-order valence-electron chi connectivity index (χ0n) is 20.3. The lowest BCUT2D eigenvalue weighted by Crippen LogP contribution is -2.37. The fourth-order valence-corrected chi connectivity index (χ4v) is 4.86. The zero-order chi connectivity index (χ0) is 25.8. The Kier molecular flexibility index (Phi) is 7.87. The number of allylic oxidation sites excluding steroid dienone is 2. The summed E-state index contributed by atoms with van der Waals surface area (Å²) in [7, 11) is 0. The van der Waals surface area contributed by atoms with Crippen LogP contribution in [0.4, 0.5) is 11.4 Å². The van der Waals surface area contributed by atoms with Gasteiger partial charge in [0, 0.05) is 17.9 Å². The summed E-state index contributed by atoms with van der Waals surface area (Å²) in [5.41, 5.74) is 3.28. The summed E-state index contributed by atoms with van der Waals surface area (Å²) in [5.74, 6) is -0.978. The van der Waals surface area contributed by atoms with Gasteiger partial charge in [0.1, 0.15) is 5.76 Å². The molecule has 0 unspecified atom stereocenters. The van der Waals surface area contributed by atoms with Crippen molar-refractivity contribution in [3.63, 3.8) is 0 Å². The maximum absolute atomic E-state index is 13.8. The molecule has 8 heteroatoms. The maximum atomic E-state index is 13.8. The second-order valence-electron chi connectivity index (χ2n) is 8.47. The molecule has 0 fully saturated rings. The number of rotatable bonds is 7. The fraction of sp³-hybridized carbons (Fsp3) is 0.214. The second kappa shape index (κ2) is 11.1. The Balaban J connectivity index is 1.83. The van der Waals surface area contributed by atoms with E-state index in [9.17, 15) is 9.59 Å². The van der Waals surface area contributed by atoms with Crippen LogP contribution in [0.5, 0.6) is 0 Å². The Labute approximate surface area is 220 Å². The molecule has 2 N–H and O–H groups in total. The number of halogens is 2. The molecule has 2 heterocycles. The smallest absolute Gasteiger partial charge is 0.254 e. The quantitative estimate of drug-likeness (QED) is 0.342. The van der Waals surface area contributed by atoms with Crippen molar-refractivity contribution < 1.29 is 14.0 Å². The number of hydrogen-bond donors (Lipinski definition) is 2. The summed E-state index contributed by atoms with van der Waals surface area (Å²) < 4.78 is 5.77. The molecule has 0 atom stereocenters. The number of nitrogens with zero attached hydrogens (tertiary/aromatic N) is 1. The van der Waals surface area contributed by atoms with Gasteiger partial charge in [0.2, 0.25) is 0 Å².